The first-order chi connectivity index (χ1) is 13.5. The number of fused-ring (bicyclic) bond motifs is 3. The Morgan fingerprint density at radius 3 is 3.00 bits per heavy atom. The molecule has 8 nitrogen and oxygen atoms in total. The summed E-state index contributed by atoms with van der Waals surface area (Å²) in [6.45, 7) is 3.10. The molecule has 4 heterocycles. The Hall–Kier alpha value is -2.87. The molecule has 2 atom stereocenters. The number of hydrogen-bond acceptors (Lipinski definition) is 5. The molecule has 1 unspecified atom stereocenters. The fourth-order valence-corrected chi connectivity index (χ4v) is 4.09. The minimum atomic E-state index is -0.236. The van der Waals surface area contributed by atoms with Crippen LogP contribution in [0.3, 0.4) is 0 Å². The molecule has 0 bridgehead atoms. The maximum absolute atomic E-state index is 13.1. The monoisotopic (exact) mass is 399 g/mol. The van der Waals surface area contributed by atoms with Crippen LogP contribution >= 0.6 is 11.6 Å². The summed E-state index contributed by atoms with van der Waals surface area (Å²) in [5.41, 5.74) is 0.780. The van der Waals surface area contributed by atoms with Crippen LogP contribution in [0.25, 0.3) is 10.9 Å². The largest absolute Gasteiger partial charge is 0.470 e. The fraction of sp³-hybridized carbons (Fsp3) is 0.368. The number of carbonyl (C=O) groups excluding carboxylic acids is 1. The van der Waals surface area contributed by atoms with Crippen LogP contribution in [0.2, 0.25) is 5.02 Å². The third kappa shape index (κ3) is 2.67. The zero-order valence-electron chi connectivity index (χ0n) is 15.2. The van der Waals surface area contributed by atoms with Gasteiger partial charge < -0.3 is 9.64 Å². The van der Waals surface area contributed by atoms with E-state index in [1.54, 1.807) is 38.7 Å². The molecule has 28 heavy (non-hydrogen) atoms. The quantitative estimate of drug-likeness (QED) is 0.675. The van der Waals surface area contributed by atoms with Crippen LogP contribution in [0.1, 0.15) is 36.2 Å². The van der Waals surface area contributed by atoms with Gasteiger partial charge in [-0.05, 0) is 25.5 Å². The summed E-state index contributed by atoms with van der Waals surface area (Å²) in [5.74, 6) is 0.407. The molecule has 2 aliphatic heterocycles. The Morgan fingerprint density at radius 1 is 1.36 bits per heavy atom. The van der Waals surface area contributed by atoms with Gasteiger partial charge in [0, 0.05) is 19.2 Å². The summed E-state index contributed by atoms with van der Waals surface area (Å²) < 4.78 is 9.24. The van der Waals surface area contributed by atoms with Gasteiger partial charge in [0.1, 0.15) is 5.75 Å². The molecule has 144 valence electrons. The molecule has 1 aromatic carbocycles. The number of ether oxygens (including phenoxy) is 1. The molecule has 1 amide bonds. The molecule has 1 fully saturated rings. The van der Waals surface area contributed by atoms with Crippen LogP contribution in [0.15, 0.2) is 35.6 Å². The van der Waals surface area contributed by atoms with Gasteiger partial charge in [0.25, 0.3) is 11.5 Å². The molecule has 2 aromatic heterocycles. The van der Waals surface area contributed by atoms with E-state index in [1.165, 1.54) is 6.33 Å². The topological polar surface area (TPSA) is 82.2 Å². The number of aromatic nitrogens is 4. The molecule has 9 heteroatoms. The van der Waals surface area contributed by atoms with Crippen molar-refractivity contribution in [1.29, 1.82) is 0 Å². The summed E-state index contributed by atoms with van der Waals surface area (Å²) in [6.07, 6.45) is 6.27. The third-order valence-corrected chi connectivity index (χ3v) is 5.56. The minimum absolute atomic E-state index is 0.0550. The summed E-state index contributed by atoms with van der Waals surface area (Å²) in [5, 5.41) is 5.14. The lowest BCUT2D eigenvalue weighted by atomic mass is 10.1. The van der Waals surface area contributed by atoms with Crippen LogP contribution in [0.5, 0.6) is 5.75 Å². The smallest absolute Gasteiger partial charge is 0.261 e. The van der Waals surface area contributed by atoms with Gasteiger partial charge in [-0.1, -0.05) is 11.6 Å². The van der Waals surface area contributed by atoms with E-state index >= 15 is 0 Å². The Bertz CT molecular complexity index is 1150. The van der Waals surface area contributed by atoms with Crippen molar-refractivity contribution in [3.8, 4) is 5.75 Å². The molecule has 0 radical (unpaired) electrons. The molecule has 0 spiro atoms. The number of rotatable bonds is 3. The second kappa shape index (κ2) is 6.34. The van der Waals surface area contributed by atoms with Crippen LogP contribution in [-0.2, 0) is 6.54 Å². The standard InChI is InChI=1S/C19H18ClN5O3/c1-11(8-23-9-12(20)7-22-23)25-10-21-15-5-14-16(6-13(15)18(25)26)28-17-3-2-4-24(17)19(14)27/h5-7,9-11,17H,2-4,8H2,1H3/t11-,17?/m0/s1. The Morgan fingerprint density at radius 2 is 2.21 bits per heavy atom. The van der Waals surface area contributed by atoms with Crippen LogP contribution in [0, 0.1) is 0 Å². The lowest BCUT2D eigenvalue weighted by Crippen LogP contribution is -2.43. The molecule has 5 rings (SSSR count). The van der Waals surface area contributed by atoms with E-state index < -0.39 is 0 Å². The summed E-state index contributed by atoms with van der Waals surface area (Å²) in [6, 6.07) is 3.14. The average Bonchev–Trinajstić information content (AvgIpc) is 3.30. The van der Waals surface area contributed by atoms with Gasteiger partial charge in [-0.2, -0.15) is 5.10 Å². The van der Waals surface area contributed by atoms with Crippen molar-refractivity contribution in [1.82, 2.24) is 24.2 Å². The van der Waals surface area contributed by atoms with Crippen LogP contribution in [-0.4, -0.2) is 42.9 Å². The molecule has 0 saturated carbocycles. The van der Waals surface area contributed by atoms with E-state index in [9.17, 15) is 9.59 Å². The number of amides is 1. The third-order valence-electron chi connectivity index (χ3n) is 5.36. The first-order valence-corrected chi connectivity index (χ1v) is 9.59. The van der Waals surface area contributed by atoms with Crippen molar-refractivity contribution in [2.45, 2.75) is 38.6 Å². The predicted molar refractivity (Wildman–Crippen MR) is 103 cm³/mol. The predicted octanol–water partition coefficient (Wildman–Crippen LogP) is 2.46. The van der Waals surface area contributed by atoms with E-state index in [2.05, 4.69) is 10.1 Å². The fourth-order valence-electron chi connectivity index (χ4n) is 3.93. The molecular weight excluding hydrogens is 382 g/mol. The van der Waals surface area contributed by atoms with E-state index in [0.717, 1.165) is 12.8 Å². The van der Waals surface area contributed by atoms with Gasteiger partial charge in [-0.25, -0.2) is 4.98 Å². The number of carbonyl (C=O) groups is 1. The lowest BCUT2D eigenvalue weighted by molar-refractivity contribution is 0.0295. The first kappa shape index (κ1) is 17.2. The SMILES string of the molecule is C[C@@H](Cn1cc(Cl)cn1)n1cnc2cc3c(cc2c1=O)OC1CCCN1C3=O. The normalized spacial score (nSPS) is 19.4. The first-order valence-electron chi connectivity index (χ1n) is 9.22. The minimum Gasteiger partial charge on any atom is -0.470 e. The van der Waals surface area contributed by atoms with Gasteiger partial charge in [0.05, 0.1) is 46.6 Å². The van der Waals surface area contributed by atoms with E-state index in [0.29, 0.717) is 40.3 Å². The van der Waals surface area contributed by atoms with Crippen LogP contribution < -0.4 is 10.3 Å². The number of benzene rings is 1. The second-order valence-corrected chi connectivity index (χ2v) is 7.70. The van der Waals surface area contributed by atoms with E-state index in [-0.39, 0.29) is 23.7 Å². The second-order valence-electron chi connectivity index (χ2n) is 7.27. The highest BCUT2D eigenvalue weighted by Crippen LogP contribution is 2.34. The number of nitrogens with zero attached hydrogens (tertiary/aromatic N) is 5. The number of halogens is 1. The molecule has 1 saturated heterocycles. The number of hydrogen-bond donors (Lipinski definition) is 0. The highest BCUT2D eigenvalue weighted by Gasteiger charge is 2.37. The highest BCUT2D eigenvalue weighted by atomic mass is 35.5. The average molecular weight is 400 g/mol. The molecular formula is C19H18ClN5O3. The zero-order chi connectivity index (χ0) is 19.4. The van der Waals surface area contributed by atoms with E-state index in [1.807, 2.05) is 6.92 Å². The van der Waals surface area contributed by atoms with E-state index in [4.69, 9.17) is 16.3 Å². The van der Waals surface area contributed by atoms with Crippen molar-refractivity contribution in [3.63, 3.8) is 0 Å². The van der Waals surface area contributed by atoms with Crippen molar-refractivity contribution in [3.05, 3.63) is 51.8 Å². The summed E-state index contributed by atoms with van der Waals surface area (Å²) in [4.78, 5) is 32.0. The molecule has 3 aromatic rings. The van der Waals surface area contributed by atoms with Crippen LogP contribution in [0.4, 0.5) is 0 Å². The summed E-state index contributed by atoms with van der Waals surface area (Å²) in [7, 11) is 0. The highest BCUT2D eigenvalue weighted by molar-refractivity contribution is 6.30. The van der Waals surface area contributed by atoms with Crippen molar-refractivity contribution in [2.75, 3.05) is 6.54 Å². The Labute approximate surface area is 165 Å². The van der Waals surface area contributed by atoms with Gasteiger partial charge >= 0.3 is 0 Å². The van der Waals surface area contributed by atoms with Crippen molar-refractivity contribution >= 4 is 28.4 Å². The molecule has 0 aliphatic carbocycles. The zero-order valence-corrected chi connectivity index (χ0v) is 16.0. The Kier molecular flexibility index (Phi) is 3.90. The lowest BCUT2D eigenvalue weighted by Gasteiger charge is -2.31. The maximum atomic E-state index is 13.1. The molecule has 0 N–H and O–H groups in total. The molecule has 2 aliphatic rings. The van der Waals surface area contributed by atoms with Gasteiger partial charge in [0.2, 0.25) is 0 Å². The summed E-state index contributed by atoms with van der Waals surface area (Å²) >= 11 is 5.91. The van der Waals surface area contributed by atoms with Crippen molar-refractivity contribution < 1.29 is 9.53 Å². The Balaban J connectivity index is 1.54. The van der Waals surface area contributed by atoms with Gasteiger partial charge in [-0.15, -0.1) is 0 Å². The van der Waals surface area contributed by atoms with Crippen molar-refractivity contribution in [2.24, 2.45) is 0 Å². The van der Waals surface area contributed by atoms with Gasteiger partial charge in [0.15, 0.2) is 6.23 Å². The maximum Gasteiger partial charge on any atom is 0.261 e. The van der Waals surface area contributed by atoms with Gasteiger partial charge in [-0.3, -0.25) is 18.8 Å².